The number of rotatable bonds is 8. The van der Waals surface area contributed by atoms with E-state index in [1.54, 1.807) is 12.1 Å². The number of aromatic nitrogens is 3. The highest BCUT2D eigenvalue weighted by Gasteiger charge is 2.40. The average Bonchev–Trinajstić information content (AvgIpc) is 3.55. The van der Waals surface area contributed by atoms with Crippen molar-refractivity contribution in [3.63, 3.8) is 0 Å². The van der Waals surface area contributed by atoms with Gasteiger partial charge in [0.05, 0.1) is 11.7 Å². The lowest BCUT2D eigenvalue weighted by Crippen LogP contribution is -2.40. The quantitative estimate of drug-likeness (QED) is 0.316. The van der Waals surface area contributed by atoms with Crippen LogP contribution >= 0.6 is 0 Å². The number of pyridine rings is 1. The molecule has 4 heterocycles. The van der Waals surface area contributed by atoms with Crippen molar-refractivity contribution in [3.05, 3.63) is 66.9 Å². The first-order valence-electron chi connectivity index (χ1n) is 11.7. The van der Waals surface area contributed by atoms with Gasteiger partial charge < -0.3 is 9.15 Å². The molecule has 0 amide bonds. The number of alkyl halides is 3. The molecule has 0 unspecified atom stereocenters. The third-order valence-electron chi connectivity index (χ3n) is 6.17. The molecule has 0 spiro atoms. The van der Waals surface area contributed by atoms with Crippen molar-refractivity contribution in [1.29, 1.82) is 0 Å². The van der Waals surface area contributed by atoms with E-state index >= 15 is 0 Å². The first kappa shape index (κ1) is 25.8. The Morgan fingerprint density at radius 2 is 1.92 bits per heavy atom. The summed E-state index contributed by atoms with van der Waals surface area (Å²) in [5.41, 5.74) is 1.94. The minimum absolute atomic E-state index is 0.0511. The van der Waals surface area contributed by atoms with Crippen molar-refractivity contribution in [2.24, 2.45) is 0 Å². The lowest BCUT2D eigenvalue weighted by Gasteiger charge is -2.21. The Hall–Kier alpha value is -3.84. The number of furan rings is 1. The number of hydrogen-bond donors (Lipinski definition) is 0. The summed E-state index contributed by atoms with van der Waals surface area (Å²) in [6.45, 7) is 0.208. The number of nitrogens with zero attached hydrogens (tertiary/aromatic N) is 4. The molecule has 0 aliphatic carbocycles. The molecule has 1 aliphatic rings. The summed E-state index contributed by atoms with van der Waals surface area (Å²) in [6, 6.07) is 9.04. The van der Waals surface area contributed by atoms with Crippen LogP contribution in [0.2, 0.25) is 0 Å². The summed E-state index contributed by atoms with van der Waals surface area (Å²) < 4.78 is 74.3. The molecule has 13 heteroatoms. The number of halogens is 3. The molecule has 5 rings (SSSR count). The van der Waals surface area contributed by atoms with E-state index in [1.165, 1.54) is 53.4 Å². The molecule has 0 radical (unpaired) electrons. The van der Waals surface area contributed by atoms with Crippen LogP contribution in [0.25, 0.3) is 22.2 Å². The molecule has 1 fully saturated rings. The van der Waals surface area contributed by atoms with Gasteiger partial charge in [-0.1, -0.05) is 0 Å². The van der Waals surface area contributed by atoms with E-state index in [4.69, 9.17) is 4.42 Å². The summed E-state index contributed by atoms with van der Waals surface area (Å²) in [7, 11) is -4.02. The lowest BCUT2D eigenvalue weighted by molar-refractivity contribution is -0.274. The van der Waals surface area contributed by atoms with Gasteiger partial charge in [-0.2, -0.15) is 4.31 Å². The summed E-state index contributed by atoms with van der Waals surface area (Å²) >= 11 is 0. The second-order valence-corrected chi connectivity index (χ2v) is 10.5. The van der Waals surface area contributed by atoms with Gasteiger partial charge in [-0.15, -0.1) is 13.2 Å². The molecule has 38 heavy (non-hydrogen) atoms. The highest BCUT2D eigenvalue weighted by molar-refractivity contribution is 7.89. The minimum Gasteiger partial charge on any atom is -0.443 e. The largest absolute Gasteiger partial charge is 0.573 e. The zero-order valence-corrected chi connectivity index (χ0v) is 20.6. The lowest BCUT2D eigenvalue weighted by atomic mass is 10.0. The van der Waals surface area contributed by atoms with E-state index in [0.717, 1.165) is 0 Å². The molecule has 9 nitrogen and oxygen atoms in total. The summed E-state index contributed by atoms with van der Waals surface area (Å²) in [6.07, 6.45) is 0.766. The molecule has 1 aliphatic heterocycles. The van der Waals surface area contributed by atoms with Gasteiger partial charge in [-0.25, -0.2) is 18.4 Å². The van der Waals surface area contributed by atoms with Crippen molar-refractivity contribution in [1.82, 2.24) is 19.3 Å². The van der Waals surface area contributed by atoms with Gasteiger partial charge in [-0.05, 0) is 55.7 Å². The predicted octanol–water partition coefficient (Wildman–Crippen LogP) is 4.54. The zero-order chi connectivity index (χ0) is 26.9. The fourth-order valence-electron chi connectivity index (χ4n) is 4.39. The van der Waals surface area contributed by atoms with E-state index in [0.29, 0.717) is 40.8 Å². The summed E-state index contributed by atoms with van der Waals surface area (Å²) in [5.74, 6) is -0.589. The van der Waals surface area contributed by atoms with E-state index in [9.17, 15) is 26.4 Å². The number of carbonyl (C=O) groups excluding carboxylic acids is 1. The van der Waals surface area contributed by atoms with Crippen LogP contribution in [0, 0.1) is 0 Å². The fraction of sp³-hybridized carbons (Fsp3) is 0.280. The van der Waals surface area contributed by atoms with Crippen LogP contribution in [-0.4, -0.2) is 52.4 Å². The maximum atomic E-state index is 13.3. The molecule has 0 saturated carbocycles. The number of benzene rings is 1. The Kier molecular flexibility index (Phi) is 6.88. The standard InChI is InChI=1S/C25H21F3N4O5S/c26-25(27,28)37-19-6-3-16(4-7-19)20-13-18(30-15-31-20)5-8-22(33)21-2-1-11-32(21)38(34,35)24-12-17-14-29-10-9-23(17)36-24/h3-4,6-7,9-10,12-15,21H,1-2,5,8,11H2/t21-/m0/s1. The molecular weight excluding hydrogens is 525 g/mol. The van der Waals surface area contributed by atoms with Gasteiger partial charge in [0.2, 0.25) is 5.09 Å². The second kappa shape index (κ2) is 10.1. The number of hydrogen-bond acceptors (Lipinski definition) is 8. The van der Waals surface area contributed by atoms with Crippen LogP contribution in [0.4, 0.5) is 13.2 Å². The van der Waals surface area contributed by atoms with Crippen molar-refractivity contribution in [2.75, 3.05) is 6.54 Å². The second-order valence-electron chi connectivity index (χ2n) is 8.69. The van der Waals surface area contributed by atoms with Crippen LogP contribution in [0.5, 0.6) is 5.75 Å². The third-order valence-corrected chi connectivity index (χ3v) is 7.93. The van der Waals surface area contributed by atoms with Crippen molar-refractivity contribution >= 4 is 26.8 Å². The van der Waals surface area contributed by atoms with E-state index < -0.39 is 22.4 Å². The van der Waals surface area contributed by atoms with E-state index in [-0.39, 0.29) is 36.0 Å². The normalized spacial score (nSPS) is 16.7. The zero-order valence-electron chi connectivity index (χ0n) is 19.8. The highest BCUT2D eigenvalue weighted by Crippen LogP contribution is 2.31. The number of carbonyl (C=O) groups is 1. The minimum atomic E-state index is -4.78. The molecule has 1 saturated heterocycles. The molecular formula is C25H21F3N4O5S. The summed E-state index contributed by atoms with van der Waals surface area (Å²) in [5, 5.41) is 0.322. The van der Waals surface area contributed by atoms with Crippen molar-refractivity contribution in [3.8, 4) is 17.0 Å². The van der Waals surface area contributed by atoms with E-state index in [2.05, 4.69) is 19.7 Å². The first-order valence-corrected chi connectivity index (χ1v) is 13.1. The first-order chi connectivity index (χ1) is 18.1. The van der Waals surface area contributed by atoms with Crippen molar-refractivity contribution in [2.45, 2.75) is 43.2 Å². The maximum absolute atomic E-state index is 13.3. The highest BCUT2D eigenvalue weighted by atomic mass is 32.2. The van der Waals surface area contributed by atoms with Crippen LogP contribution in [-0.2, 0) is 21.2 Å². The van der Waals surface area contributed by atoms with Crippen LogP contribution < -0.4 is 4.74 Å². The number of aryl methyl sites for hydroxylation is 1. The molecule has 4 aromatic rings. The van der Waals surface area contributed by atoms with Gasteiger partial charge in [0.1, 0.15) is 17.7 Å². The Bertz CT molecular complexity index is 1540. The Morgan fingerprint density at radius 1 is 1.13 bits per heavy atom. The van der Waals surface area contributed by atoms with Gasteiger partial charge in [0.25, 0.3) is 10.0 Å². The monoisotopic (exact) mass is 546 g/mol. The number of ether oxygens (including phenoxy) is 1. The SMILES string of the molecule is O=C(CCc1cc(-c2ccc(OC(F)(F)F)cc2)ncn1)[C@@H]1CCCN1S(=O)(=O)c1cc2cnccc2o1. The molecule has 3 aromatic heterocycles. The number of fused-ring (bicyclic) bond motifs is 1. The molecule has 0 bridgehead atoms. The van der Waals surface area contributed by atoms with Gasteiger partial charge in [-0.3, -0.25) is 9.78 Å². The fourth-order valence-corrected chi connectivity index (χ4v) is 6.02. The molecule has 1 atom stereocenters. The number of Topliss-reactive ketones (excluding diaryl/α,β-unsaturated/α-hetero) is 1. The van der Waals surface area contributed by atoms with Crippen LogP contribution in [0.15, 0.2) is 70.7 Å². The molecule has 198 valence electrons. The van der Waals surface area contributed by atoms with Crippen molar-refractivity contribution < 1.29 is 35.5 Å². The molecule has 0 N–H and O–H groups in total. The number of ketones is 1. The predicted molar refractivity (Wildman–Crippen MR) is 128 cm³/mol. The topological polar surface area (TPSA) is 115 Å². The Morgan fingerprint density at radius 3 is 2.66 bits per heavy atom. The Labute approximate surface area is 215 Å². The Balaban J connectivity index is 1.26. The summed E-state index contributed by atoms with van der Waals surface area (Å²) in [4.78, 5) is 25.4. The van der Waals surface area contributed by atoms with Gasteiger partial charge in [0.15, 0.2) is 5.78 Å². The van der Waals surface area contributed by atoms with Gasteiger partial charge in [0, 0.05) is 48.1 Å². The van der Waals surface area contributed by atoms with E-state index in [1.807, 2.05) is 0 Å². The number of sulfonamides is 1. The maximum Gasteiger partial charge on any atom is 0.573 e. The van der Waals surface area contributed by atoms with Crippen LogP contribution in [0.3, 0.4) is 0 Å². The smallest absolute Gasteiger partial charge is 0.443 e. The molecule has 1 aromatic carbocycles. The average molecular weight is 547 g/mol. The third kappa shape index (κ3) is 5.53. The van der Waals surface area contributed by atoms with Crippen LogP contribution in [0.1, 0.15) is 25.0 Å². The van der Waals surface area contributed by atoms with Gasteiger partial charge >= 0.3 is 6.36 Å².